The monoisotopic (exact) mass is 474 g/mol. The van der Waals surface area contributed by atoms with Crippen molar-refractivity contribution in [2.45, 2.75) is 47.2 Å². The number of hydrogen-bond acceptors (Lipinski definition) is 3. The van der Waals surface area contributed by atoms with Crippen LogP contribution in [0.2, 0.25) is 0 Å². The summed E-state index contributed by atoms with van der Waals surface area (Å²) in [7, 11) is 0. The Hall–Kier alpha value is -2.34. The summed E-state index contributed by atoms with van der Waals surface area (Å²) in [5.41, 5.74) is 2.98. The summed E-state index contributed by atoms with van der Waals surface area (Å²) in [6, 6.07) is 13.0. The minimum atomic E-state index is -0.609. The predicted octanol–water partition coefficient (Wildman–Crippen LogP) is 4.63. The van der Waals surface area contributed by atoms with Crippen LogP contribution in [-0.4, -0.2) is 35.9 Å². The van der Waals surface area contributed by atoms with Crippen LogP contribution in [0.1, 0.15) is 37.5 Å². The van der Waals surface area contributed by atoms with Crippen molar-refractivity contribution in [3.05, 3.63) is 63.6 Å². The van der Waals surface area contributed by atoms with Gasteiger partial charge in [0.05, 0.1) is 0 Å². The number of carbonyl (C=O) groups excluding carboxylic acids is 2. The fourth-order valence-corrected chi connectivity index (χ4v) is 3.17. The quantitative estimate of drug-likeness (QED) is 0.575. The summed E-state index contributed by atoms with van der Waals surface area (Å²) < 4.78 is 6.78. The van der Waals surface area contributed by atoms with Crippen LogP contribution in [0.5, 0.6) is 5.75 Å². The number of hydrogen-bond donors (Lipinski definition) is 1. The van der Waals surface area contributed by atoms with E-state index < -0.39 is 6.04 Å². The number of carbonyl (C=O) groups is 2. The zero-order valence-electron chi connectivity index (χ0n) is 18.4. The molecule has 0 aliphatic rings. The fraction of sp³-hybridized carbons (Fsp3) is 0.417. The van der Waals surface area contributed by atoms with E-state index in [1.54, 1.807) is 11.8 Å². The van der Waals surface area contributed by atoms with E-state index in [9.17, 15) is 9.59 Å². The topological polar surface area (TPSA) is 58.6 Å². The first-order chi connectivity index (χ1) is 14.2. The highest BCUT2D eigenvalue weighted by Gasteiger charge is 2.26. The Bertz CT molecular complexity index is 865. The highest BCUT2D eigenvalue weighted by molar-refractivity contribution is 9.10. The van der Waals surface area contributed by atoms with Crippen LogP contribution in [0.25, 0.3) is 0 Å². The molecular formula is C24H31BrN2O3. The lowest BCUT2D eigenvalue weighted by Crippen LogP contribution is -2.49. The summed E-state index contributed by atoms with van der Waals surface area (Å²) in [6.45, 7) is 10.5. The summed E-state index contributed by atoms with van der Waals surface area (Å²) in [4.78, 5) is 27.3. The Morgan fingerprint density at radius 2 is 1.73 bits per heavy atom. The van der Waals surface area contributed by atoms with E-state index in [2.05, 4.69) is 21.2 Å². The Morgan fingerprint density at radius 1 is 1.07 bits per heavy atom. The molecule has 0 radical (unpaired) electrons. The van der Waals surface area contributed by atoms with Crippen molar-refractivity contribution in [3.63, 3.8) is 0 Å². The van der Waals surface area contributed by atoms with Crippen molar-refractivity contribution in [2.75, 3.05) is 13.2 Å². The van der Waals surface area contributed by atoms with E-state index >= 15 is 0 Å². The minimum Gasteiger partial charge on any atom is -0.483 e. The number of rotatable bonds is 9. The van der Waals surface area contributed by atoms with Gasteiger partial charge in [0.1, 0.15) is 11.8 Å². The largest absolute Gasteiger partial charge is 0.483 e. The van der Waals surface area contributed by atoms with Gasteiger partial charge in [-0.1, -0.05) is 54.0 Å². The van der Waals surface area contributed by atoms with Crippen LogP contribution >= 0.6 is 15.9 Å². The average Bonchev–Trinajstić information content (AvgIpc) is 2.71. The molecule has 162 valence electrons. The van der Waals surface area contributed by atoms with Crippen molar-refractivity contribution in [1.82, 2.24) is 10.2 Å². The van der Waals surface area contributed by atoms with Crippen LogP contribution in [-0.2, 0) is 16.1 Å². The van der Waals surface area contributed by atoms with Crippen molar-refractivity contribution in [1.29, 1.82) is 0 Å². The van der Waals surface area contributed by atoms with Crippen molar-refractivity contribution in [3.8, 4) is 5.75 Å². The van der Waals surface area contributed by atoms with Gasteiger partial charge in [-0.25, -0.2) is 0 Å². The van der Waals surface area contributed by atoms with Gasteiger partial charge in [0.15, 0.2) is 6.61 Å². The van der Waals surface area contributed by atoms with Crippen LogP contribution in [0.4, 0.5) is 0 Å². The van der Waals surface area contributed by atoms with E-state index in [1.165, 1.54) is 0 Å². The number of ether oxygens (including phenoxy) is 1. The SMILES string of the molecule is Cc1ccc(C)c(OCC(=O)N(Cc2ccc(Br)cc2)[C@H](C)C(=O)NCC(C)C)c1. The molecule has 0 aliphatic heterocycles. The molecule has 0 heterocycles. The molecule has 0 saturated heterocycles. The Labute approximate surface area is 187 Å². The third kappa shape index (κ3) is 7.17. The van der Waals surface area contributed by atoms with Gasteiger partial charge in [-0.2, -0.15) is 0 Å². The molecule has 0 fully saturated rings. The second-order valence-electron chi connectivity index (χ2n) is 8.02. The van der Waals surface area contributed by atoms with Gasteiger partial charge in [0.2, 0.25) is 5.91 Å². The lowest BCUT2D eigenvalue weighted by molar-refractivity contribution is -0.142. The maximum Gasteiger partial charge on any atom is 0.261 e. The second kappa shape index (κ2) is 11.2. The Kier molecular flexibility index (Phi) is 8.90. The average molecular weight is 475 g/mol. The number of benzene rings is 2. The van der Waals surface area contributed by atoms with Gasteiger partial charge in [0, 0.05) is 17.6 Å². The minimum absolute atomic E-state index is 0.122. The highest BCUT2D eigenvalue weighted by Crippen LogP contribution is 2.20. The van der Waals surface area contributed by atoms with Gasteiger partial charge in [0.25, 0.3) is 5.91 Å². The van der Waals surface area contributed by atoms with Crippen molar-refractivity contribution >= 4 is 27.7 Å². The van der Waals surface area contributed by atoms with Gasteiger partial charge < -0.3 is 15.0 Å². The van der Waals surface area contributed by atoms with Crippen molar-refractivity contribution < 1.29 is 14.3 Å². The number of nitrogens with one attached hydrogen (secondary N) is 1. The van der Waals surface area contributed by atoms with E-state index in [0.29, 0.717) is 24.8 Å². The summed E-state index contributed by atoms with van der Waals surface area (Å²) in [5.74, 6) is 0.625. The number of amides is 2. The smallest absolute Gasteiger partial charge is 0.261 e. The van der Waals surface area contributed by atoms with Gasteiger partial charge >= 0.3 is 0 Å². The second-order valence-corrected chi connectivity index (χ2v) is 8.94. The Balaban J connectivity index is 2.15. The van der Waals surface area contributed by atoms with Crippen LogP contribution in [0.15, 0.2) is 46.9 Å². The maximum atomic E-state index is 13.1. The van der Waals surface area contributed by atoms with E-state index in [0.717, 1.165) is 21.2 Å². The molecule has 1 N–H and O–H groups in total. The molecular weight excluding hydrogens is 444 g/mol. The van der Waals surface area contributed by atoms with Crippen LogP contribution in [0.3, 0.4) is 0 Å². The summed E-state index contributed by atoms with van der Waals surface area (Å²) in [6.07, 6.45) is 0. The van der Waals surface area contributed by atoms with Gasteiger partial charge in [-0.3, -0.25) is 9.59 Å². The highest BCUT2D eigenvalue weighted by atomic mass is 79.9. The number of aryl methyl sites for hydroxylation is 2. The molecule has 5 nitrogen and oxygen atoms in total. The Morgan fingerprint density at radius 3 is 2.37 bits per heavy atom. The van der Waals surface area contributed by atoms with E-state index in [4.69, 9.17) is 4.74 Å². The first kappa shape index (κ1) is 23.9. The van der Waals surface area contributed by atoms with E-state index in [-0.39, 0.29) is 18.4 Å². The molecule has 1 atom stereocenters. The molecule has 0 saturated carbocycles. The zero-order chi connectivity index (χ0) is 22.3. The molecule has 30 heavy (non-hydrogen) atoms. The molecule has 0 spiro atoms. The molecule has 0 bridgehead atoms. The third-order valence-electron chi connectivity index (χ3n) is 4.81. The van der Waals surface area contributed by atoms with Crippen LogP contribution in [0, 0.1) is 19.8 Å². The lowest BCUT2D eigenvalue weighted by Gasteiger charge is -2.29. The zero-order valence-corrected chi connectivity index (χ0v) is 20.0. The molecule has 0 unspecified atom stereocenters. The first-order valence-electron chi connectivity index (χ1n) is 10.2. The third-order valence-corrected chi connectivity index (χ3v) is 5.34. The van der Waals surface area contributed by atoms with Gasteiger partial charge in [-0.05, 0) is 61.6 Å². The molecule has 0 aromatic heterocycles. The lowest BCUT2D eigenvalue weighted by atomic mass is 10.1. The number of halogens is 1. The predicted molar refractivity (Wildman–Crippen MR) is 123 cm³/mol. The summed E-state index contributed by atoms with van der Waals surface area (Å²) in [5, 5.41) is 2.92. The first-order valence-corrected chi connectivity index (χ1v) is 11.0. The molecule has 2 rings (SSSR count). The number of nitrogens with zero attached hydrogens (tertiary/aromatic N) is 1. The van der Waals surface area contributed by atoms with E-state index in [1.807, 2.05) is 70.2 Å². The van der Waals surface area contributed by atoms with Crippen LogP contribution < -0.4 is 10.1 Å². The summed E-state index contributed by atoms with van der Waals surface area (Å²) >= 11 is 3.43. The molecule has 2 amide bonds. The standard InChI is InChI=1S/C24H31BrN2O3/c1-16(2)13-26-24(29)19(5)27(14-20-8-10-21(25)11-9-20)23(28)15-30-22-12-17(3)6-7-18(22)4/h6-12,16,19H,13-15H2,1-5H3,(H,26,29)/t19-/m1/s1. The molecule has 6 heteroatoms. The normalized spacial score (nSPS) is 11.8. The van der Waals surface area contributed by atoms with Crippen molar-refractivity contribution in [2.24, 2.45) is 5.92 Å². The molecule has 2 aromatic carbocycles. The van der Waals surface area contributed by atoms with Gasteiger partial charge in [-0.15, -0.1) is 0 Å². The molecule has 2 aromatic rings. The maximum absolute atomic E-state index is 13.1. The molecule has 0 aliphatic carbocycles. The fourth-order valence-electron chi connectivity index (χ4n) is 2.91.